The van der Waals surface area contributed by atoms with Crippen molar-refractivity contribution in [3.05, 3.63) is 0 Å². The summed E-state index contributed by atoms with van der Waals surface area (Å²) < 4.78 is 5.57. The molecular weight excluding hydrogens is 166 g/mol. The van der Waals surface area contributed by atoms with E-state index in [1.165, 1.54) is 0 Å². The Morgan fingerprint density at radius 2 is 1.77 bits per heavy atom. The number of hydrogen-bond acceptors (Lipinski definition) is 3. The molecule has 0 rings (SSSR count). The molecule has 0 amide bonds. The summed E-state index contributed by atoms with van der Waals surface area (Å²) in [4.78, 5) is 0. The molecule has 0 bridgehead atoms. The normalized spacial score (nSPS) is 12.0. The molecule has 3 nitrogen and oxygen atoms in total. The van der Waals surface area contributed by atoms with Crippen molar-refractivity contribution in [3.8, 4) is 0 Å². The Labute approximate surface area is 81.3 Å². The summed E-state index contributed by atoms with van der Waals surface area (Å²) in [5.74, 6) is 0. The number of ether oxygens (including phenoxy) is 1. The molecule has 0 aliphatic rings. The number of rotatable bonds is 8. The van der Waals surface area contributed by atoms with Crippen molar-refractivity contribution in [2.24, 2.45) is 5.73 Å². The summed E-state index contributed by atoms with van der Waals surface area (Å²) in [6, 6.07) is 0. The van der Waals surface area contributed by atoms with Gasteiger partial charge in [-0.1, -0.05) is 12.8 Å². The van der Waals surface area contributed by atoms with Gasteiger partial charge >= 0.3 is 0 Å². The van der Waals surface area contributed by atoms with Crippen LogP contribution in [0, 0.1) is 0 Å². The van der Waals surface area contributed by atoms with Crippen LogP contribution in [-0.4, -0.2) is 30.5 Å². The second kappa shape index (κ2) is 7.30. The highest BCUT2D eigenvalue weighted by Gasteiger charge is 2.14. The topological polar surface area (TPSA) is 55.5 Å². The van der Waals surface area contributed by atoms with Gasteiger partial charge in [0.05, 0.1) is 5.60 Å². The highest BCUT2D eigenvalue weighted by atomic mass is 16.5. The SMILES string of the molecule is CC(C)(CN)OCCCCCCO. The lowest BCUT2D eigenvalue weighted by Crippen LogP contribution is -2.34. The van der Waals surface area contributed by atoms with Gasteiger partial charge in [0.25, 0.3) is 0 Å². The maximum Gasteiger partial charge on any atom is 0.0748 e. The lowest BCUT2D eigenvalue weighted by atomic mass is 10.1. The highest BCUT2D eigenvalue weighted by molar-refractivity contribution is 4.68. The molecule has 13 heavy (non-hydrogen) atoms. The Bertz CT molecular complexity index is 115. The number of nitrogens with two attached hydrogens (primary N) is 1. The second-order valence-corrected chi connectivity index (χ2v) is 3.95. The van der Waals surface area contributed by atoms with Gasteiger partial charge in [0.1, 0.15) is 0 Å². The molecule has 0 aromatic carbocycles. The third-order valence-corrected chi connectivity index (χ3v) is 2.04. The van der Waals surface area contributed by atoms with Crippen molar-refractivity contribution >= 4 is 0 Å². The summed E-state index contributed by atoms with van der Waals surface area (Å²) >= 11 is 0. The third kappa shape index (κ3) is 8.22. The predicted molar refractivity (Wildman–Crippen MR) is 54.6 cm³/mol. The molecule has 0 atom stereocenters. The highest BCUT2D eigenvalue weighted by Crippen LogP contribution is 2.08. The minimum absolute atomic E-state index is 0.184. The molecule has 0 heterocycles. The van der Waals surface area contributed by atoms with Crippen LogP contribution in [0.4, 0.5) is 0 Å². The second-order valence-electron chi connectivity index (χ2n) is 3.95. The molecule has 0 radical (unpaired) electrons. The summed E-state index contributed by atoms with van der Waals surface area (Å²) in [6.45, 7) is 5.63. The van der Waals surface area contributed by atoms with Crippen LogP contribution >= 0.6 is 0 Å². The van der Waals surface area contributed by atoms with E-state index in [2.05, 4.69) is 0 Å². The lowest BCUT2D eigenvalue weighted by molar-refractivity contribution is -0.0122. The number of aliphatic hydroxyl groups is 1. The average molecular weight is 189 g/mol. The third-order valence-electron chi connectivity index (χ3n) is 2.04. The first-order chi connectivity index (χ1) is 6.12. The number of hydrogen-bond donors (Lipinski definition) is 2. The molecule has 0 saturated carbocycles. The molecular formula is C10H23NO2. The molecule has 80 valence electrons. The minimum Gasteiger partial charge on any atom is -0.396 e. The summed E-state index contributed by atoms with van der Waals surface area (Å²) in [5.41, 5.74) is 5.33. The lowest BCUT2D eigenvalue weighted by Gasteiger charge is -2.23. The Balaban J connectivity index is 3.16. The smallest absolute Gasteiger partial charge is 0.0748 e. The van der Waals surface area contributed by atoms with E-state index in [9.17, 15) is 0 Å². The van der Waals surface area contributed by atoms with E-state index >= 15 is 0 Å². The van der Waals surface area contributed by atoms with Gasteiger partial charge in [-0.25, -0.2) is 0 Å². The molecule has 0 aliphatic heterocycles. The first-order valence-electron chi connectivity index (χ1n) is 5.07. The van der Waals surface area contributed by atoms with Crippen molar-refractivity contribution in [2.75, 3.05) is 19.8 Å². The molecule has 0 aromatic heterocycles. The van der Waals surface area contributed by atoms with Crippen LogP contribution < -0.4 is 5.73 Å². The fourth-order valence-electron chi connectivity index (χ4n) is 0.975. The molecule has 0 fully saturated rings. The summed E-state index contributed by atoms with van der Waals surface area (Å²) in [7, 11) is 0. The van der Waals surface area contributed by atoms with Gasteiger partial charge in [-0.05, 0) is 26.7 Å². The van der Waals surface area contributed by atoms with Gasteiger partial charge in [0, 0.05) is 19.8 Å². The van der Waals surface area contributed by atoms with E-state index in [4.69, 9.17) is 15.6 Å². The zero-order valence-electron chi connectivity index (χ0n) is 8.88. The minimum atomic E-state index is -0.184. The van der Waals surface area contributed by atoms with Gasteiger partial charge in [0.2, 0.25) is 0 Å². The van der Waals surface area contributed by atoms with Crippen molar-refractivity contribution in [2.45, 2.75) is 45.1 Å². The van der Waals surface area contributed by atoms with Gasteiger partial charge in [-0.3, -0.25) is 0 Å². The zero-order chi connectivity index (χ0) is 10.2. The molecule has 3 N–H and O–H groups in total. The first kappa shape index (κ1) is 12.9. The standard InChI is InChI=1S/C10H23NO2/c1-10(2,9-11)13-8-6-4-3-5-7-12/h12H,3-9,11H2,1-2H3. The fourth-order valence-corrected chi connectivity index (χ4v) is 0.975. The maximum atomic E-state index is 8.54. The van der Waals surface area contributed by atoms with Crippen molar-refractivity contribution < 1.29 is 9.84 Å². The largest absolute Gasteiger partial charge is 0.396 e. The molecule has 0 aromatic rings. The van der Waals surface area contributed by atoms with E-state index in [0.29, 0.717) is 13.2 Å². The van der Waals surface area contributed by atoms with Crippen LogP contribution in [0.3, 0.4) is 0 Å². The van der Waals surface area contributed by atoms with Crippen molar-refractivity contribution in [1.29, 1.82) is 0 Å². The molecule has 0 spiro atoms. The Kier molecular flexibility index (Phi) is 7.23. The van der Waals surface area contributed by atoms with Crippen LogP contribution in [0.1, 0.15) is 39.5 Å². The summed E-state index contributed by atoms with van der Waals surface area (Å²) in [6.07, 6.45) is 4.17. The van der Waals surface area contributed by atoms with Gasteiger partial charge in [0.15, 0.2) is 0 Å². The Hall–Kier alpha value is -0.120. The van der Waals surface area contributed by atoms with Gasteiger partial charge in [-0.15, -0.1) is 0 Å². The zero-order valence-corrected chi connectivity index (χ0v) is 8.88. The van der Waals surface area contributed by atoms with Crippen molar-refractivity contribution in [3.63, 3.8) is 0 Å². The van der Waals surface area contributed by atoms with E-state index in [0.717, 1.165) is 32.3 Å². The Morgan fingerprint density at radius 3 is 2.31 bits per heavy atom. The van der Waals surface area contributed by atoms with E-state index < -0.39 is 0 Å². The maximum absolute atomic E-state index is 8.54. The fraction of sp³-hybridized carbons (Fsp3) is 1.00. The molecule has 0 saturated heterocycles. The van der Waals surface area contributed by atoms with Gasteiger partial charge in [-0.2, -0.15) is 0 Å². The van der Waals surface area contributed by atoms with Crippen LogP contribution in [0.2, 0.25) is 0 Å². The number of aliphatic hydroxyl groups excluding tert-OH is 1. The Morgan fingerprint density at radius 1 is 1.15 bits per heavy atom. The van der Waals surface area contributed by atoms with Crippen LogP contribution in [0.5, 0.6) is 0 Å². The van der Waals surface area contributed by atoms with E-state index in [1.54, 1.807) is 0 Å². The summed E-state index contributed by atoms with van der Waals surface area (Å²) in [5, 5.41) is 8.54. The molecule has 0 aliphatic carbocycles. The predicted octanol–water partition coefficient (Wildman–Crippen LogP) is 1.29. The van der Waals surface area contributed by atoms with Crippen molar-refractivity contribution in [1.82, 2.24) is 0 Å². The average Bonchev–Trinajstić information content (AvgIpc) is 2.11. The number of unbranched alkanes of at least 4 members (excludes halogenated alkanes) is 3. The monoisotopic (exact) mass is 189 g/mol. The van der Waals surface area contributed by atoms with Crippen LogP contribution in [-0.2, 0) is 4.74 Å². The van der Waals surface area contributed by atoms with Crippen LogP contribution in [0.15, 0.2) is 0 Å². The van der Waals surface area contributed by atoms with Gasteiger partial charge < -0.3 is 15.6 Å². The van der Waals surface area contributed by atoms with E-state index in [1.807, 2.05) is 13.8 Å². The molecule has 3 heteroatoms. The van der Waals surface area contributed by atoms with Crippen LogP contribution in [0.25, 0.3) is 0 Å². The van der Waals surface area contributed by atoms with E-state index in [-0.39, 0.29) is 5.60 Å². The quantitative estimate of drug-likeness (QED) is 0.566. The first-order valence-corrected chi connectivity index (χ1v) is 5.07. The molecule has 0 unspecified atom stereocenters.